The number of H-pyrrole nitrogens is 1. The van der Waals surface area contributed by atoms with Crippen molar-refractivity contribution >= 4 is 22.9 Å². The van der Waals surface area contributed by atoms with E-state index in [0.29, 0.717) is 5.95 Å². The Hall–Kier alpha value is -2.37. The number of rotatable bonds is 0. The Morgan fingerprint density at radius 1 is 1.12 bits per heavy atom. The van der Waals surface area contributed by atoms with Crippen LogP contribution in [-0.2, 0) is 0 Å². The number of anilines is 2. The number of nitrogens with one attached hydrogen (secondary N) is 1. The third-order valence-corrected chi connectivity index (χ3v) is 2.57. The molecule has 0 saturated heterocycles. The average Bonchev–Trinajstić information content (AvgIpc) is 2.75. The topological polar surface area (TPSA) is 106 Å². The summed E-state index contributed by atoms with van der Waals surface area (Å²) >= 11 is 0. The smallest absolute Gasteiger partial charge is 0.221 e. The summed E-state index contributed by atoms with van der Waals surface area (Å²) in [5.74, 6) is 0.672. The third kappa shape index (κ3) is 1.10. The summed E-state index contributed by atoms with van der Waals surface area (Å²) in [6.07, 6.45) is 0. The normalized spacial score (nSPS) is 11.3. The van der Waals surface area contributed by atoms with Crippen LogP contribution in [0.15, 0.2) is 12.1 Å². The van der Waals surface area contributed by atoms with E-state index in [9.17, 15) is 0 Å². The molecular weight excluding hydrogens is 204 g/mol. The molecule has 3 rings (SSSR count). The fraction of sp³-hybridized carbons (Fsp3) is 0.100. The van der Waals surface area contributed by atoms with Gasteiger partial charge in [0.2, 0.25) is 5.95 Å². The van der Waals surface area contributed by atoms with Gasteiger partial charge in [-0.3, -0.25) is 0 Å². The van der Waals surface area contributed by atoms with Gasteiger partial charge in [-0.05, 0) is 19.1 Å². The zero-order valence-corrected chi connectivity index (χ0v) is 8.65. The van der Waals surface area contributed by atoms with E-state index < -0.39 is 0 Å². The highest BCUT2D eigenvalue weighted by Gasteiger charge is 2.14. The number of nitrogens with two attached hydrogens (primary N) is 2. The lowest BCUT2D eigenvalue weighted by Crippen LogP contribution is -1.86. The minimum absolute atomic E-state index is 0.279. The summed E-state index contributed by atoms with van der Waals surface area (Å²) in [4.78, 5) is 15.5. The number of aromatic nitrogens is 4. The van der Waals surface area contributed by atoms with Crippen molar-refractivity contribution < 1.29 is 0 Å². The van der Waals surface area contributed by atoms with E-state index in [1.54, 1.807) is 0 Å². The van der Waals surface area contributed by atoms with E-state index in [-0.39, 0.29) is 5.95 Å². The van der Waals surface area contributed by atoms with Crippen LogP contribution >= 0.6 is 0 Å². The summed E-state index contributed by atoms with van der Waals surface area (Å²) in [7, 11) is 0. The molecule has 0 atom stereocenters. The SMILES string of the molecule is Cc1c2nc(N)nc-2ccc2[nH]c(N)nc12. The Morgan fingerprint density at radius 2 is 1.94 bits per heavy atom. The van der Waals surface area contributed by atoms with Gasteiger partial charge in [0, 0.05) is 5.56 Å². The van der Waals surface area contributed by atoms with Gasteiger partial charge < -0.3 is 16.5 Å². The molecule has 0 bridgehead atoms. The molecule has 0 saturated carbocycles. The van der Waals surface area contributed by atoms with Gasteiger partial charge in [-0.2, -0.15) is 0 Å². The highest BCUT2D eigenvalue weighted by atomic mass is 15.1. The van der Waals surface area contributed by atoms with Crippen molar-refractivity contribution in [1.82, 2.24) is 19.9 Å². The zero-order chi connectivity index (χ0) is 11.3. The van der Waals surface area contributed by atoms with Gasteiger partial charge in [-0.15, -0.1) is 0 Å². The summed E-state index contributed by atoms with van der Waals surface area (Å²) in [6, 6.07) is 3.73. The quantitative estimate of drug-likeness (QED) is 0.516. The molecule has 2 aliphatic rings. The molecule has 0 aromatic carbocycles. The summed E-state index contributed by atoms with van der Waals surface area (Å²) in [5, 5.41) is 0. The van der Waals surface area contributed by atoms with E-state index in [1.807, 2.05) is 19.1 Å². The van der Waals surface area contributed by atoms with Crippen molar-refractivity contribution in [2.75, 3.05) is 11.5 Å². The Morgan fingerprint density at radius 3 is 2.75 bits per heavy atom. The lowest BCUT2D eigenvalue weighted by Gasteiger charge is -1.92. The first-order valence-electron chi connectivity index (χ1n) is 4.83. The molecular formula is C10H10N6. The molecule has 0 amide bonds. The fourth-order valence-corrected chi connectivity index (χ4v) is 1.85. The van der Waals surface area contributed by atoms with Crippen molar-refractivity contribution in [2.45, 2.75) is 6.92 Å². The predicted molar refractivity (Wildman–Crippen MR) is 61.9 cm³/mol. The first-order valence-corrected chi connectivity index (χ1v) is 4.83. The Balaban J connectivity index is 2.51. The maximum atomic E-state index is 5.62. The van der Waals surface area contributed by atoms with Crippen LogP contribution in [0.3, 0.4) is 0 Å². The van der Waals surface area contributed by atoms with Gasteiger partial charge in [-0.1, -0.05) is 0 Å². The Bertz CT molecular complexity index is 656. The van der Waals surface area contributed by atoms with Gasteiger partial charge in [0.15, 0.2) is 5.95 Å². The second kappa shape index (κ2) is 2.82. The van der Waals surface area contributed by atoms with Crippen LogP contribution in [0.4, 0.5) is 11.9 Å². The summed E-state index contributed by atoms with van der Waals surface area (Å²) < 4.78 is 0. The van der Waals surface area contributed by atoms with Crippen LogP contribution in [0.25, 0.3) is 22.4 Å². The van der Waals surface area contributed by atoms with Crippen LogP contribution in [0.5, 0.6) is 0 Å². The maximum Gasteiger partial charge on any atom is 0.221 e. The van der Waals surface area contributed by atoms with E-state index in [2.05, 4.69) is 19.9 Å². The van der Waals surface area contributed by atoms with E-state index in [1.165, 1.54) is 0 Å². The molecule has 1 aromatic heterocycles. The molecule has 1 aromatic rings. The molecule has 5 N–H and O–H groups in total. The first kappa shape index (κ1) is 8.90. The van der Waals surface area contributed by atoms with E-state index >= 15 is 0 Å². The van der Waals surface area contributed by atoms with Gasteiger partial charge in [0.25, 0.3) is 0 Å². The van der Waals surface area contributed by atoms with Crippen LogP contribution < -0.4 is 11.5 Å². The van der Waals surface area contributed by atoms with Crippen LogP contribution in [0.2, 0.25) is 0 Å². The molecule has 80 valence electrons. The largest absolute Gasteiger partial charge is 0.369 e. The molecule has 1 aliphatic carbocycles. The second-order valence-corrected chi connectivity index (χ2v) is 3.66. The predicted octanol–water partition coefficient (Wildman–Crippen LogP) is 0.931. The molecule has 0 spiro atoms. The molecule has 2 heterocycles. The maximum absolute atomic E-state index is 5.62. The molecule has 1 aliphatic heterocycles. The Kier molecular flexibility index (Phi) is 1.57. The number of hydrogen-bond acceptors (Lipinski definition) is 5. The number of aromatic amines is 1. The minimum atomic E-state index is 0.279. The fourth-order valence-electron chi connectivity index (χ4n) is 1.85. The second-order valence-electron chi connectivity index (χ2n) is 3.66. The molecule has 6 nitrogen and oxygen atoms in total. The van der Waals surface area contributed by atoms with Crippen molar-refractivity contribution in [1.29, 1.82) is 0 Å². The van der Waals surface area contributed by atoms with E-state index in [0.717, 1.165) is 28.0 Å². The molecule has 0 fully saturated rings. The van der Waals surface area contributed by atoms with Gasteiger partial charge in [-0.25, -0.2) is 15.0 Å². The highest BCUT2D eigenvalue weighted by molar-refractivity contribution is 5.85. The average molecular weight is 214 g/mol. The van der Waals surface area contributed by atoms with E-state index in [4.69, 9.17) is 11.5 Å². The van der Waals surface area contributed by atoms with Crippen LogP contribution in [0, 0.1) is 6.92 Å². The first-order chi connectivity index (χ1) is 7.65. The number of nitrogens with zero attached hydrogens (tertiary/aromatic N) is 3. The number of nitrogen functional groups attached to an aromatic ring is 2. The summed E-state index contributed by atoms with van der Waals surface area (Å²) in [5.41, 5.74) is 15.3. The lowest BCUT2D eigenvalue weighted by atomic mass is 10.2. The standard InChI is InChI=1S/C10H10N6/c1-4-7-5(13-9(11)15-7)2-3-6-8(4)16-10(12)14-6/h2-3H,1H3,(H2,11,13,15)(H3,12,14,16). The molecule has 16 heavy (non-hydrogen) atoms. The Labute approximate surface area is 91.1 Å². The van der Waals surface area contributed by atoms with Gasteiger partial charge >= 0.3 is 0 Å². The van der Waals surface area contributed by atoms with Crippen LogP contribution in [-0.4, -0.2) is 19.9 Å². The number of hydrogen-bond donors (Lipinski definition) is 3. The highest BCUT2D eigenvalue weighted by Crippen LogP contribution is 2.27. The van der Waals surface area contributed by atoms with Crippen LogP contribution in [0.1, 0.15) is 5.56 Å². The monoisotopic (exact) mass is 214 g/mol. The third-order valence-electron chi connectivity index (χ3n) is 2.57. The number of aryl methyl sites for hydroxylation is 1. The van der Waals surface area contributed by atoms with Gasteiger partial charge in [0.1, 0.15) is 0 Å². The zero-order valence-electron chi connectivity index (χ0n) is 8.65. The van der Waals surface area contributed by atoms with Crippen molar-refractivity contribution in [3.63, 3.8) is 0 Å². The lowest BCUT2D eigenvalue weighted by molar-refractivity contribution is 1.32. The van der Waals surface area contributed by atoms with Gasteiger partial charge in [0.05, 0.1) is 22.4 Å². The minimum Gasteiger partial charge on any atom is -0.369 e. The summed E-state index contributed by atoms with van der Waals surface area (Å²) in [6.45, 7) is 1.93. The molecule has 0 radical (unpaired) electrons. The molecule has 0 unspecified atom stereocenters. The van der Waals surface area contributed by atoms with Crippen molar-refractivity contribution in [3.05, 3.63) is 17.7 Å². The number of fused-ring (bicyclic) bond motifs is 2. The van der Waals surface area contributed by atoms with Crippen molar-refractivity contribution in [3.8, 4) is 11.4 Å². The molecule has 6 heteroatoms. The number of imidazole rings is 2. The van der Waals surface area contributed by atoms with Crippen molar-refractivity contribution in [2.24, 2.45) is 0 Å².